The third kappa shape index (κ3) is 4.52. The molecule has 1 heterocycles. The third-order valence-electron chi connectivity index (χ3n) is 3.05. The highest BCUT2D eigenvalue weighted by Gasteiger charge is 2.15. The second kappa shape index (κ2) is 8.07. The Balaban J connectivity index is 2.17. The van der Waals surface area contributed by atoms with E-state index >= 15 is 0 Å². The maximum Gasteiger partial charge on any atom is 0.273 e. The van der Waals surface area contributed by atoms with Crippen LogP contribution in [0.4, 0.5) is 17.1 Å². The molecule has 0 spiro atoms. The number of nitriles is 1. The number of rotatable bonds is 6. The van der Waals surface area contributed by atoms with E-state index in [1.165, 1.54) is 37.7 Å². The number of ether oxygens (including phenoxy) is 1. The van der Waals surface area contributed by atoms with E-state index in [0.717, 1.165) is 0 Å². The Morgan fingerprint density at radius 2 is 2.24 bits per heavy atom. The van der Waals surface area contributed by atoms with Crippen LogP contribution in [0.3, 0.4) is 0 Å². The van der Waals surface area contributed by atoms with Gasteiger partial charge in [-0.1, -0.05) is 0 Å². The fourth-order valence-corrected chi connectivity index (χ4v) is 1.84. The van der Waals surface area contributed by atoms with Gasteiger partial charge in [0.25, 0.3) is 11.6 Å². The van der Waals surface area contributed by atoms with E-state index in [4.69, 9.17) is 10.00 Å². The second-order valence-corrected chi connectivity index (χ2v) is 4.65. The van der Waals surface area contributed by atoms with Crippen LogP contribution in [-0.4, -0.2) is 22.9 Å². The van der Waals surface area contributed by atoms with Gasteiger partial charge in [0.2, 0.25) is 0 Å². The molecule has 0 aliphatic heterocycles. The first-order chi connectivity index (χ1) is 12.0. The van der Waals surface area contributed by atoms with E-state index in [2.05, 4.69) is 15.6 Å². The molecule has 0 saturated heterocycles. The molecular formula is C16H13N5O4. The van der Waals surface area contributed by atoms with Crippen LogP contribution in [0.25, 0.3) is 0 Å². The summed E-state index contributed by atoms with van der Waals surface area (Å²) in [6.45, 7) is 0. The van der Waals surface area contributed by atoms with E-state index in [0.29, 0.717) is 5.69 Å². The van der Waals surface area contributed by atoms with E-state index < -0.39 is 10.8 Å². The van der Waals surface area contributed by atoms with Crippen molar-refractivity contribution >= 4 is 23.0 Å². The maximum absolute atomic E-state index is 12.2. The molecule has 1 amide bonds. The maximum atomic E-state index is 12.2. The lowest BCUT2D eigenvalue weighted by Crippen LogP contribution is -2.15. The van der Waals surface area contributed by atoms with Crippen molar-refractivity contribution in [3.05, 3.63) is 64.6 Å². The van der Waals surface area contributed by atoms with Crippen molar-refractivity contribution in [1.82, 2.24) is 4.98 Å². The Bertz CT molecular complexity index is 859. The number of hydrogen-bond acceptors (Lipinski definition) is 7. The summed E-state index contributed by atoms with van der Waals surface area (Å²) in [5, 5.41) is 25.2. The van der Waals surface area contributed by atoms with Gasteiger partial charge in [-0.2, -0.15) is 5.26 Å². The molecule has 2 N–H and O–H groups in total. The minimum Gasteiger partial charge on any atom is -0.494 e. The van der Waals surface area contributed by atoms with E-state index in [1.807, 2.05) is 0 Å². The number of non-ortho nitro benzene ring substituents is 1. The van der Waals surface area contributed by atoms with Crippen LogP contribution >= 0.6 is 0 Å². The molecule has 9 nitrogen and oxygen atoms in total. The van der Waals surface area contributed by atoms with Crippen molar-refractivity contribution in [2.24, 2.45) is 0 Å². The molecule has 0 bridgehead atoms. The third-order valence-corrected chi connectivity index (χ3v) is 3.05. The molecule has 0 aliphatic carbocycles. The Morgan fingerprint density at radius 3 is 2.84 bits per heavy atom. The zero-order chi connectivity index (χ0) is 18.2. The van der Waals surface area contributed by atoms with Gasteiger partial charge in [0.1, 0.15) is 17.4 Å². The van der Waals surface area contributed by atoms with Crippen molar-refractivity contribution in [2.75, 3.05) is 17.7 Å². The van der Waals surface area contributed by atoms with Crippen molar-refractivity contribution in [3.63, 3.8) is 0 Å². The molecule has 0 radical (unpaired) electrons. The number of nitrogens with one attached hydrogen (secondary N) is 2. The van der Waals surface area contributed by atoms with Crippen LogP contribution in [0.1, 0.15) is 0 Å². The number of amides is 1. The fourth-order valence-electron chi connectivity index (χ4n) is 1.84. The number of pyridine rings is 1. The zero-order valence-corrected chi connectivity index (χ0v) is 13.1. The SMILES string of the molecule is COc1cc([N+](=O)[O-])ccc1NC(=O)/C(C#N)=C\Nc1cccnc1. The van der Waals surface area contributed by atoms with Crippen LogP contribution < -0.4 is 15.4 Å². The predicted molar refractivity (Wildman–Crippen MR) is 89.8 cm³/mol. The van der Waals surface area contributed by atoms with Crippen LogP contribution in [0.5, 0.6) is 5.75 Å². The molecule has 0 fully saturated rings. The number of benzene rings is 1. The number of anilines is 2. The molecule has 0 saturated carbocycles. The Hall–Kier alpha value is -3.93. The van der Waals surface area contributed by atoms with Crippen molar-refractivity contribution < 1.29 is 14.5 Å². The van der Waals surface area contributed by atoms with Gasteiger partial charge in [0, 0.05) is 18.5 Å². The largest absolute Gasteiger partial charge is 0.494 e. The van der Waals surface area contributed by atoms with E-state index in [-0.39, 0.29) is 22.7 Å². The molecule has 25 heavy (non-hydrogen) atoms. The number of carbonyl (C=O) groups excluding carboxylic acids is 1. The van der Waals surface area contributed by atoms with Crippen LogP contribution in [-0.2, 0) is 4.79 Å². The quantitative estimate of drug-likeness (QED) is 0.358. The van der Waals surface area contributed by atoms with Gasteiger partial charge in [-0.05, 0) is 18.2 Å². The van der Waals surface area contributed by atoms with Crippen molar-refractivity contribution in [3.8, 4) is 11.8 Å². The van der Waals surface area contributed by atoms with Crippen LogP contribution in [0.15, 0.2) is 54.5 Å². The molecular weight excluding hydrogens is 326 g/mol. The minimum absolute atomic E-state index is 0.111. The lowest BCUT2D eigenvalue weighted by Gasteiger charge is -2.09. The molecule has 1 aromatic carbocycles. The molecule has 9 heteroatoms. The van der Waals surface area contributed by atoms with Gasteiger partial charge >= 0.3 is 0 Å². The summed E-state index contributed by atoms with van der Waals surface area (Å²) in [7, 11) is 1.32. The summed E-state index contributed by atoms with van der Waals surface area (Å²) in [6.07, 6.45) is 4.36. The van der Waals surface area contributed by atoms with Crippen LogP contribution in [0, 0.1) is 21.4 Å². The summed E-state index contributed by atoms with van der Waals surface area (Å²) >= 11 is 0. The Morgan fingerprint density at radius 1 is 1.44 bits per heavy atom. The number of carbonyl (C=O) groups is 1. The first-order valence-corrected chi connectivity index (χ1v) is 6.95. The highest BCUT2D eigenvalue weighted by atomic mass is 16.6. The summed E-state index contributed by atoms with van der Waals surface area (Å²) in [5.41, 5.74) is 0.449. The average Bonchev–Trinajstić information content (AvgIpc) is 2.63. The minimum atomic E-state index is -0.689. The van der Waals surface area contributed by atoms with Gasteiger partial charge in [0.05, 0.1) is 35.7 Å². The summed E-state index contributed by atoms with van der Waals surface area (Å²) in [4.78, 5) is 26.3. The summed E-state index contributed by atoms with van der Waals surface area (Å²) in [5.74, 6) is -0.578. The van der Waals surface area contributed by atoms with Gasteiger partial charge in [-0.15, -0.1) is 0 Å². The van der Waals surface area contributed by atoms with E-state index in [9.17, 15) is 14.9 Å². The monoisotopic (exact) mass is 339 g/mol. The lowest BCUT2D eigenvalue weighted by atomic mass is 10.2. The number of methoxy groups -OCH3 is 1. The fraction of sp³-hybridized carbons (Fsp3) is 0.0625. The van der Waals surface area contributed by atoms with Gasteiger partial charge in [-0.25, -0.2) is 0 Å². The van der Waals surface area contributed by atoms with Crippen molar-refractivity contribution in [1.29, 1.82) is 5.26 Å². The Kier molecular flexibility index (Phi) is 5.63. The van der Waals surface area contributed by atoms with Gasteiger partial charge in [-0.3, -0.25) is 19.9 Å². The topological polar surface area (TPSA) is 130 Å². The summed E-state index contributed by atoms with van der Waals surface area (Å²) < 4.78 is 5.03. The molecule has 0 unspecified atom stereocenters. The number of nitro benzene ring substituents is 1. The number of nitrogens with zero attached hydrogens (tertiary/aromatic N) is 3. The van der Waals surface area contributed by atoms with E-state index in [1.54, 1.807) is 24.4 Å². The lowest BCUT2D eigenvalue weighted by molar-refractivity contribution is -0.384. The molecule has 126 valence electrons. The Labute approximate surface area is 142 Å². The summed E-state index contributed by atoms with van der Waals surface area (Å²) in [6, 6.07) is 8.93. The standard InChI is InChI=1S/C16H13N5O4/c1-25-15-7-13(21(23)24)4-5-14(15)20-16(22)11(8-17)9-19-12-3-2-6-18-10-12/h2-7,9-10,19H,1H3,(H,20,22)/b11-9-. The van der Waals surface area contributed by atoms with Gasteiger partial charge in [0.15, 0.2) is 0 Å². The molecule has 2 aromatic rings. The molecule has 0 atom stereocenters. The number of aromatic nitrogens is 1. The smallest absolute Gasteiger partial charge is 0.273 e. The number of nitro groups is 1. The highest BCUT2D eigenvalue weighted by molar-refractivity contribution is 6.07. The number of hydrogen-bond donors (Lipinski definition) is 2. The first kappa shape index (κ1) is 17.4. The predicted octanol–water partition coefficient (Wildman–Crippen LogP) is 2.46. The normalized spacial score (nSPS) is 10.5. The molecule has 0 aliphatic rings. The first-order valence-electron chi connectivity index (χ1n) is 6.95. The molecule has 2 rings (SSSR count). The zero-order valence-electron chi connectivity index (χ0n) is 13.1. The second-order valence-electron chi connectivity index (χ2n) is 4.65. The van der Waals surface area contributed by atoms with Crippen molar-refractivity contribution in [2.45, 2.75) is 0 Å². The van der Waals surface area contributed by atoms with Gasteiger partial charge < -0.3 is 15.4 Å². The average molecular weight is 339 g/mol. The molecule has 1 aromatic heterocycles. The highest BCUT2D eigenvalue weighted by Crippen LogP contribution is 2.29. The van der Waals surface area contributed by atoms with Crippen LogP contribution in [0.2, 0.25) is 0 Å².